The predicted molar refractivity (Wildman–Crippen MR) is 100 cm³/mol. The van der Waals surface area contributed by atoms with Crippen LogP contribution in [0, 0.1) is 18.8 Å². The number of carbonyl (C=O) groups is 2. The first kappa shape index (κ1) is 18.2. The van der Waals surface area contributed by atoms with E-state index in [2.05, 4.69) is 15.6 Å². The van der Waals surface area contributed by atoms with E-state index in [-0.39, 0.29) is 41.5 Å². The molecule has 4 rings (SSSR count). The number of hydrogen-bond acceptors (Lipinski definition) is 4. The zero-order valence-electron chi connectivity index (χ0n) is 16.2. The second kappa shape index (κ2) is 6.78. The zero-order chi connectivity index (χ0) is 19.2. The lowest BCUT2D eigenvalue weighted by atomic mass is 9.73. The maximum Gasteiger partial charge on any atom is 0.317 e. The van der Waals surface area contributed by atoms with Crippen LogP contribution in [-0.4, -0.2) is 59.2 Å². The summed E-state index contributed by atoms with van der Waals surface area (Å²) in [6.07, 6.45) is 3.79. The molecule has 7 heteroatoms. The molecule has 3 amide bonds. The van der Waals surface area contributed by atoms with Gasteiger partial charge in [0.25, 0.3) is 5.91 Å². The van der Waals surface area contributed by atoms with Crippen LogP contribution >= 0.6 is 0 Å². The van der Waals surface area contributed by atoms with Crippen molar-refractivity contribution in [3.8, 4) is 0 Å². The summed E-state index contributed by atoms with van der Waals surface area (Å²) in [4.78, 5) is 30.9. The summed E-state index contributed by atoms with van der Waals surface area (Å²) in [7, 11) is 0. The van der Waals surface area contributed by atoms with Gasteiger partial charge in [0.2, 0.25) is 0 Å². The summed E-state index contributed by atoms with van der Waals surface area (Å²) in [5.41, 5.74) is 1.24. The van der Waals surface area contributed by atoms with Gasteiger partial charge < -0.3 is 20.3 Å². The van der Waals surface area contributed by atoms with E-state index < -0.39 is 0 Å². The summed E-state index contributed by atoms with van der Waals surface area (Å²) in [5, 5.41) is 6.03. The van der Waals surface area contributed by atoms with Gasteiger partial charge in [-0.1, -0.05) is 0 Å². The van der Waals surface area contributed by atoms with Crippen molar-refractivity contribution in [2.24, 2.45) is 11.8 Å². The number of aromatic nitrogens is 1. The number of nitrogens with one attached hydrogen (secondary N) is 2. The summed E-state index contributed by atoms with van der Waals surface area (Å²) in [5.74, 6) is 0.426. The minimum atomic E-state index is -0.222. The maximum atomic E-state index is 12.4. The van der Waals surface area contributed by atoms with Crippen LogP contribution in [0.1, 0.15) is 42.7 Å². The topological polar surface area (TPSA) is 83.6 Å². The summed E-state index contributed by atoms with van der Waals surface area (Å²) < 4.78 is 6.35. The number of urea groups is 1. The average molecular weight is 372 g/mol. The molecule has 7 nitrogen and oxygen atoms in total. The van der Waals surface area contributed by atoms with Crippen LogP contribution in [0.15, 0.2) is 18.3 Å². The Morgan fingerprint density at radius 3 is 2.93 bits per heavy atom. The maximum absolute atomic E-state index is 12.4. The van der Waals surface area contributed by atoms with Gasteiger partial charge in [-0.25, -0.2) is 4.79 Å². The molecule has 0 radical (unpaired) electrons. The molecule has 1 spiro atoms. The molecule has 3 saturated heterocycles. The number of ether oxygens (including phenoxy) is 1. The highest BCUT2D eigenvalue weighted by atomic mass is 16.5. The van der Waals surface area contributed by atoms with E-state index in [0.29, 0.717) is 25.2 Å². The van der Waals surface area contributed by atoms with Crippen molar-refractivity contribution in [1.82, 2.24) is 20.5 Å². The fraction of sp³-hybridized carbons (Fsp3) is 0.650. The van der Waals surface area contributed by atoms with Crippen LogP contribution in [0.5, 0.6) is 0 Å². The fourth-order valence-corrected chi connectivity index (χ4v) is 4.87. The van der Waals surface area contributed by atoms with Gasteiger partial charge in [-0.3, -0.25) is 9.78 Å². The van der Waals surface area contributed by atoms with Gasteiger partial charge in [0.05, 0.1) is 23.8 Å². The van der Waals surface area contributed by atoms with E-state index >= 15 is 0 Å². The predicted octanol–water partition coefficient (Wildman–Crippen LogP) is 1.72. The summed E-state index contributed by atoms with van der Waals surface area (Å²) in [6, 6.07) is 3.73. The minimum absolute atomic E-state index is 0.0191. The molecule has 0 saturated carbocycles. The molecule has 3 aliphatic heterocycles. The molecule has 1 aromatic rings. The average Bonchev–Trinajstić information content (AvgIpc) is 3.28. The van der Waals surface area contributed by atoms with E-state index in [1.54, 1.807) is 12.3 Å². The van der Waals surface area contributed by atoms with E-state index in [9.17, 15) is 9.59 Å². The first-order valence-electron chi connectivity index (χ1n) is 9.82. The number of hydrogen-bond donors (Lipinski definition) is 2. The Morgan fingerprint density at radius 1 is 1.41 bits per heavy atom. The standard InChI is InChI=1S/C20H28N4O3/c1-12(2)23-19(26)24-10-16-15(17-6-7-20(16,11-24)27-17)9-22-18(25)14-5-4-13(3)21-8-14/h4-5,8,12,15-17H,6-7,9-11H2,1-3H3,(H,22,25)(H,23,26)/t15-,16+,17+,20+/m0/s1. The zero-order valence-corrected chi connectivity index (χ0v) is 16.2. The highest BCUT2D eigenvalue weighted by Gasteiger charge is 2.63. The molecule has 3 aliphatic rings. The third kappa shape index (κ3) is 3.29. The largest absolute Gasteiger partial charge is 0.369 e. The van der Waals surface area contributed by atoms with Crippen LogP contribution < -0.4 is 10.6 Å². The monoisotopic (exact) mass is 372 g/mol. The van der Waals surface area contributed by atoms with Crippen LogP contribution in [0.2, 0.25) is 0 Å². The first-order valence-corrected chi connectivity index (χ1v) is 9.82. The smallest absolute Gasteiger partial charge is 0.317 e. The summed E-state index contributed by atoms with van der Waals surface area (Å²) >= 11 is 0. The molecule has 0 aromatic carbocycles. The number of pyridine rings is 1. The second-order valence-electron chi connectivity index (χ2n) is 8.41. The van der Waals surface area contributed by atoms with Gasteiger partial charge in [0.15, 0.2) is 0 Å². The van der Waals surface area contributed by atoms with Crippen molar-refractivity contribution >= 4 is 11.9 Å². The lowest BCUT2D eigenvalue weighted by Crippen LogP contribution is -2.43. The van der Waals surface area contributed by atoms with Crippen LogP contribution in [-0.2, 0) is 4.74 Å². The number of carbonyl (C=O) groups excluding carboxylic acids is 2. The molecule has 4 atom stereocenters. The lowest BCUT2D eigenvalue weighted by molar-refractivity contribution is 0.00548. The lowest BCUT2D eigenvalue weighted by Gasteiger charge is -2.29. The highest BCUT2D eigenvalue weighted by Crippen LogP contribution is 2.54. The third-order valence-corrected chi connectivity index (χ3v) is 6.16. The Bertz CT molecular complexity index is 735. The molecular formula is C20H28N4O3. The molecule has 2 bridgehead atoms. The van der Waals surface area contributed by atoms with Gasteiger partial charge in [-0.15, -0.1) is 0 Å². The Labute approximate surface area is 159 Å². The van der Waals surface area contributed by atoms with Crippen molar-refractivity contribution < 1.29 is 14.3 Å². The second-order valence-corrected chi connectivity index (χ2v) is 8.41. The van der Waals surface area contributed by atoms with Crippen LogP contribution in [0.4, 0.5) is 4.79 Å². The Kier molecular flexibility index (Phi) is 4.58. The molecule has 3 fully saturated rings. The number of rotatable bonds is 4. The molecular weight excluding hydrogens is 344 g/mol. The number of amides is 3. The van der Waals surface area contributed by atoms with Crippen molar-refractivity contribution in [2.45, 2.75) is 51.4 Å². The molecule has 0 aliphatic carbocycles. The van der Waals surface area contributed by atoms with Gasteiger partial charge >= 0.3 is 6.03 Å². The Morgan fingerprint density at radius 2 is 2.22 bits per heavy atom. The van der Waals surface area contributed by atoms with Crippen LogP contribution in [0.3, 0.4) is 0 Å². The van der Waals surface area contributed by atoms with E-state index in [1.807, 2.05) is 31.7 Å². The van der Waals surface area contributed by atoms with Gasteiger partial charge in [0.1, 0.15) is 0 Å². The van der Waals surface area contributed by atoms with Gasteiger partial charge in [-0.2, -0.15) is 0 Å². The van der Waals surface area contributed by atoms with Crippen molar-refractivity contribution in [3.63, 3.8) is 0 Å². The van der Waals surface area contributed by atoms with E-state index in [1.165, 1.54) is 0 Å². The molecule has 27 heavy (non-hydrogen) atoms. The highest BCUT2D eigenvalue weighted by molar-refractivity contribution is 5.93. The van der Waals surface area contributed by atoms with Crippen molar-refractivity contribution in [1.29, 1.82) is 0 Å². The Hall–Kier alpha value is -2.15. The minimum Gasteiger partial charge on any atom is -0.369 e. The summed E-state index contributed by atoms with van der Waals surface area (Å²) in [6.45, 7) is 7.75. The molecule has 0 unspecified atom stereocenters. The van der Waals surface area contributed by atoms with Crippen LogP contribution in [0.25, 0.3) is 0 Å². The molecule has 146 valence electrons. The third-order valence-electron chi connectivity index (χ3n) is 6.16. The number of likely N-dealkylation sites (tertiary alicyclic amines) is 1. The van der Waals surface area contributed by atoms with Crippen molar-refractivity contribution in [2.75, 3.05) is 19.6 Å². The SMILES string of the molecule is Cc1ccc(C(=O)NC[C@H]2[C@H]3CN(C(=O)NC(C)C)C[C@]34CC[C@H]2O4)cn1. The van der Waals surface area contributed by atoms with E-state index in [4.69, 9.17) is 4.74 Å². The first-order chi connectivity index (χ1) is 12.9. The quantitative estimate of drug-likeness (QED) is 0.843. The normalized spacial score (nSPS) is 31.3. The van der Waals surface area contributed by atoms with Crippen molar-refractivity contribution in [3.05, 3.63) is 29.6 Å². The molecule has 2 N–H and O–H groups in total. The van der Waals surface area contributed by atoms with E-state index in [0.717, 1.165) is 18.5 Å². The number of fused-ring (bicyclic) bond motifs is 1. The Balaban J connectivity index is 1.40. The number of aryl methyl sites for hydroxylation is 1. The molecule has 4 heterocycles. The van der Waals surface area contributed by atoms with Gasteiger partial charge in [0, 0.05) is 42.9 Å². The fourth-order valence-electron chi connectivity index (χ4n) is 4.87. The molecule has 1 aromatic heterocycles. The number of nitrogens with zero attached hydrogens (tertiary/aromatic N) is 2. The van der Waals surface area contributed by atoms with Gasteiger partial charge in [-0.05, 0) is 45.7 Å².